The minimum Gasteiger partial charge on any atom is -0.507 e. The lowest BCUT2D eigenvalue weighted by Gasteiger charge is -2.08. The largest absolute Gasteiger partial charge is 0.507 e. The van der Waals surface area contributed by atoms with E-state index in [0.29, 0.717) is 5.75 Å². The standard InChI is InChI=1S/C15H13NO5/c1-9-2-5-11(6-3-9)21-15(20)16-10-4-7-12(14(18)19)13(17)8-10/h2-8,17H,1H3,(H,16,20)(H,18,19). The lowest BCUT2D eigenvalue weighted by Crippen LogP contribution is -2.16. The van der Waals surface area contributed by atoms with Crippen molar-refractivity contribution in [3.05, 3.63) is 53.6 Å². The molecular formula is C15H13NO5. The number of aryl methyl sites for hydroxylation is 1. The smallest absolute Gasteiger partial charge is 0.417 e. The Balaban J connectivity index is 2.04. The van der Waals surface area contributed by atoms with Crippen LogP contribution in [0.2, 0.25) is 0 Å². The van der Waals surface area contributed by atoms with Crippen LogP contribution in [0.5, 0.6) is 11.5 Å². The van der Waals surface area contributed by atoms with Crippen LogP contribution >= 0.6 is 0 Å². The molecule has 0 radical (unpaired) electrons. The molecule has 6 nitrogen and oxygen atoms in total. The van der Waals surface area contributed by atoms with Crippen LogP contribution in [-0.2, 0) is 0 Å². The number of carboxylic acids is 1. The van der Waals surface area contributed by atoms with Crippen molar-refractivity contribution >= 4 is 17.7 Å². The second-order valence-corrected chi connectivity index (χ2v) is 4.36. The summed E-state index contributed by atoms with van der Waals surface area (Å²) in [5.41, 5.74) is 1.03. The summed E-state index contributed by atoms with van der Waals surface area (Å²) < 4.78 is 5.04. The molecule has 6 heteroatoms. The second kappa shape index (κ2) is 5.96. The lowest BCUT2D eigenvalue weighted by atomic mass is 10.2. The molecule has 0 saturated carbocycles. The van der Waals surface area contributed by atoms with Gasteiger partial charge in [0.1, 0.15) is 17.1 Å². The van der Waals surface area contributed by atoms with E-state index in [1.54, 1.807) is 24.3 Å². The molecule has 0 unspecified atom stereocenters. The Morgan fingerprint density at radius 3 is 2.33 bits per heavy atom. The zero-order valence-corrected chi connectivity index (χ0v) is 11.2. The van der Waals surface area contributed by atoms with Crippen molar-refractivity contribution in [1.29, 1.82) is 0 Å². The van der Waals surface area contributed by atoms with Crippen molar-refractivity contribution < 1.29 is 24.5 Å². The lowest BCUT2D eigenvalue weighted by molar-refractivity contribution is 0.0693. The van der Waals surface area contributed by atoms with Crippen LogP contribution in [-0.4, -0.2) is 22.3 Å². The van der Waals surface area contributed by atoms with Crippen molar-refractivity contribution in [3.8, 4) is 11.5 Å². The molecule has 0 atom stereocenters. The maximum Gasteiger partial charge on any atom is 0.417 e. The number of phenols is 1. The number of carboxylic acid groups (broad SMARTS) is 1. The number of benzene rings is 2. The monoisotopic (exact) mass is 287 g/mol. The second-order valence-electron chi connectivity index (χ2n) is 4.36. The average Bonchev–Trinajstić information content (AvgIpc) is 2.41. The van der Waals surface area contributed by atoms with E-state index in [1.807, 2.05) is 6.92 Å². The highest BCUT2D eigenvalue weighted by Gasteiger charge is 2.11. The average molecular weight is 287 g/mol. The summed E-state index contributed by atoms with van der Waals surface area (Å²) in [4.78, 5) is 22.4. The zero-order valence-electron chi connectivity index (χ0n) is 11.2. The minimum atomic E-state index is -1.25. The number of aromatic carboxylic acids is 1. The molecule has 0 aromatic heterocycles. The van der Waals surface area contributed by atoms with E-state index in [4.69, 9.17) is 9.84 Å². The Labute approximate surface area is 120 Å². The summed E-state index contributed by atoms with van der Waals surface area (Å²) in [5.74, 6) is -1.30. The Morgan fingerprint density at radius 2 is 1.76 bits per heavy atom. The molecule has 0 fully saturated rings. The van der Waals surface area contributed by atoms with Crippen LogP contribution in [0.25, 0.3) is 0 Å². The highest BCUT2D eigenvalue weighted by atomic mass is 16.6. The molecule has 0 saturated heterocycles. The van der Waals surface area contributed by atoms with Crippen LogP contribution in [0.4, 0.5) is 10.5 Å². The number of carbonyl (C=O) groups is 2. The fourth-order valence-corrected chi connectivity index (χ4v) is 1.65. The van der Waals surface area contributed by atoms with Gasteiger partial charge in [0.25, 0.3) is 0 Å². The van der Waals surface area contributed by atoms with E-state index in [2.05, 4.69) is 5.32 Å². The molecule has 2 aromatic carbocycles. The van der Waals surface area contributed by atoms with Crippen LogP contribution < -0.4 is 10.1 Å². The van der Waals surface area contributed by atoms with E-state index >= 15 is 0 Å². The molecule has 0 aliphatic carbocycles. The van der Waals surface area contributed by atoms with Crippen molar-refractivity contribution in [3.63, 3.8) is 0 Å². The van der Waals surface area contributed by atoms with Gasteiger partial charge in [0.15, 0.2) is 0 Å². The number of ether oxygens (including phenoxy) is 1. The van der Waals surface area contributed by atoms with Gasteiger partial charge in [0.05, 0.1) is 0 Å². The van der Waals surface area contributed by atoms with Gasteiger partial charge in [-0.2, -0.15) is 0 Å². The first-order chi connectivity index (χ1) is 9.95. The van der Waals surface area contributed by atoms with Crippen molar-refractivity contribution in [2.24, 2.45) is 0 Å². The summed E-state index contributed by atoms with van der Waals surface area (Å²) >= 11 is 0. The van der Waals surface area contributed by atoms with Gasteiger partial charge in [-0.1, -0.05) is 17.7 Å². The maximum atomic E-state index is 11.7. The first kappa shape index (κ1) is 14.4. The van der Waals surface area contributed by atoms with Gasteiger partial charge in [-0.25, -0.2) is 9.59 Å². The summed E-state index contributed by atoms with van der Waals surface area (Å²) in [7, 11) is 0. The van der Waals surface area contributed by atoms with E-state index in [9.17, 15) is 14.7 Å². The maximum absolute atomic E-state index is 11.7. The van der Waals surface area contributed by atoms with E-state index < -0.39 is 17.8 Å². The summed E-state index contributed by atoms with van der Waals surface area (Å²) in [6, 6.07) is 10.6. The highest BCUT2D eigenvalue weighted by Crippen LogP contribution is 2.22. The minimum absolute atomic E-state index is 0.231. The van der Waals surface area contributed by atoms with Crippen molar-refractivity contribution in [2.45, 2.75) is 6.92 Å². The number of anilines is 1. The molecule has 0 aliphatic rings. The van der Waals surface area contributed by atoms with Gasteiger partial charge in [-0.15, -0.1) is 0 Å². The van der Waals surface area contributed by atoms with Crippen molar-refractivity contribution in [1.82, 2.24) is 0 Å². The first-order valence-electron chi connectivity index (χ1n) is 6.07. The Hall–Kier alpha value is -3.02. The Kier molecular flexibility index (Phi) is 4.08. The van der Waals surface area contributed by atoms with Gasteiger partial charge < -0.3 is 14.9 Å². The molecule has 2 rings (SSSR count). The molecule has 3 N–H and O–H groups in total. The van der Waals surface area contributed by atoms with Crippen LogP contribution in [0.1, 0.15) is 15.9 Å². The van der Waals surface area contributed by atoms with Gasteiger partial charge >= 0.3 is 12.1 Å². The van der Waals surface area contributed by atoms with Gasteiger partial charge in [-0.05, 0) is 31.2 Å². The van der Waals surface area contributed by atoms with Crippen LogP contribution in [0, 0.1) is 6.92 Å². The SMILES string of the molecule is Cc1ccc(OC(=O)Nc2ccc(C(=O)O)c(O)c2)cc1. The van der Waals surface area contributed by atoms with Gasteiger partial charge in [-0.3, -0.25) is 5.32 Å². The van der Waals surface area contributed by atoms with Crippen LogP contribution in [0.15, 0.2) is 42.5 Å². The molecule has 0 heterocycles. The van der Waals surface area contributed by atoms with E-state index in [0.717, 1.165) is 11.6 Å². The predicted octanol–water partition coefficient (Wildman–Crippen LogP) is 3.01. The highest BCUT2D eigenvalue weighted by molar-refractivity contribution is 5.93. The van der Waals surface area contributed by atoms with E-state index in [-0.39, 0.29) is 11.3 Å². The number of hydrogen-bond donors (Lipinski definition) is 3. The quantitative estimate of drug-likeness (QED) is 0.806. The Bertz CT molecular complexity index is 679. The number of aromatic hydroxyl groups is 1. The third kappa shape index (κ3) is 3.73. The number of amides is 1. The fraction of sp³-hybridized carbons (Fsp3) is 0.0667. The fourth-order valence-electron chi connectivity index (χ4n) is 1.65. The van der Waals surface area contributed by atoms with Crippen LogP contribution in [0.3, 0.4) is 0 Å². The number of carbonyl (C=O) groups excluding carboxylic acids is 1. The zero-order chi connectivity index (χ0) is 15.4. The topological polar surface area (TPSA) is 95.9 Å². The Morgan fingerprint density at radius 1 is 1.10 bits per heavy atom. The third-order valence-electron chi connectivity index (χ3n) is 2.71. The third-order valence-corrected chi connectivity index (χ3v) is 2.71. The summed E-state index contributed by atoms with van der Waals surface area (Å²) in [5, 5.41) is 20.7. The molecule has 108 valence electrons. The molecule has 0 aliphatic heterocycles. The first-order valence-corrected chi connectivity index (χ1v) is 6.07. The predicted molar refractivity (Wildman–Crippen MR) is 75.9 cm³/mol. The molecule has 0 bridgehead atoms. The molecule has 1 amide bonds. The normalized spacial score (nSPS) is 9.95. The van der Waals surface area contributed by atoms with Gasteiger partial charge in [0, 0.05) is 11.8 Å². The van der Waals surface area contributed by atoms with Crippen molar-refractivity contribution in [2.75, 3.05) is 5.32 Å². The number of rotatable bonds is 3. The summed E-state index contributed by atoms with van der Waals surface area (Å²) in [6.45, 7) is 1.91. The molecular weight excluding hydrogens is 274 g/mol. The van der Waals surface area contributed by atoms with E-state index in [1.165, 1.54) is 12.1 Å². The van der Waals surface area contributed by atoms with Gasteiger partial charge in [0.2, 0.25) is 0 Å². The summed E-state index contributed by atoms with van der Waals surface area (Å²) in [6.07, 6.45) is -0.735. The number of nitrogens with one attached hydrogen (secondary N) is 1. The number of hydrogen-bond acceptors (Lipinski definition) is 4. The molecule has 2 aromatic rings. The molecule has 0 spiro atoms. The molecule has 21 heavy (non-hydrogen) atoms.